The first-order valence-electron chi connectivity index (χ1n) is 11.6. The van der Waals surface area contributed by atoms with E-state index >= 15 is 0 Å². The Morgan fingerprint density at radius 2 is 1.77 bits per heavy atom. The lowest BCUT2D eigenvalue weighted by Crippen LogP contribution is -2.48. The minimum absolute atomic E-state index is 0.0856. The Kier molecular flexibility index (Phi) is 7.68. The highest BCUT2D eigenvalue weighted by Gasteiger charge is 2.32. The molecule has 1 fully saturated rings. The molecule has 1 saturated heterocycles. The Bertz CT molecular complexity index is 1120. The number of alkyl carbamates (subject to hydrolysis) is 1. The topological polar surface area (TPSA) is 114 Å². The first kappa shape index (κ1) is 24.3. The number of benzene rings is 2. The zero-order valence-corrected chi connectivity index (χ0v) is 19.5. The summed E-state index contributed by atoms with van der Waals surface area (Å²) in [6, 6.07) is 15.2. The van der Waals surface area contributed by atoms with Gasteiger partial charge in [-0.3, -0.25) is 9.59 Å². The first-order chi connectivity index (χ1) is 17.0. The summed E-state index contributed by atoms with van der Waals surface area (Å²) in [4.78, 5) is 36.4. The van der Waals surface area contributed by atoms with Gasteiger partial charge in [0.25, 0.3) is 0 Å². The number of rotatable bonds is 8. The van der Waals surface area contributed by atoms with Gasteiger partial charge in [-0.2, -0.15) is 0 Å². The lowest BCUT2D eigenvalue weighted by Gasteiger charge is -2.19. The van der Waals surface area contributed by atoms with E-state index in [2.05, 4.69) is 34.6 Å². The molecule has 182 valence electrons. The lowest BCUT2D eigenvalue weighted by molar-refractivity contribution is -0.141. The summed E-state index contributed by atoms with van der Waals surface area (Å²) in [5.74, 6) is 3.55. The third kappa shape index (κ3) is 5.64. The maximum atomic E-state index is 12.7. The summed E-state index contributed by atoms with van der Waals surface area (Å²) in [5.41, 5.74) is 4.46. The molecule has 1 aliphatic heterocycles. The molecule has 4 rings (SSSR count). The SMILES string of the molecule is CC#CCC(NC(=O)OCC1c2ccccc2-c2ccccc21)C(=O)NCC1CC(C(=O)O)CO1. The molecule has 1 aliphatic carbocycles. The van der Waals surface area contributed by atoms with Crippen molar-refractivity contribution in [2.75, 3.05) is 19.8 Å². The van der Waals surface area contributed by atoms with Crippen LogP contribution in [0.2, 0.25) is 0 Å². The van der Waals surface area contributed by atoms with Crippen molar-refractivity contribution in [2.24, 2.45) is 5.92 Å². The second kappa shape index (κ2) is 11.1. The maximum absolute atomic E-state index is 12.7. The van der Waals surface area contributed by atoms with Gasteiger partial charge in [-0.25, -0.2) is 4.79 Å². The van der Waals surface area contributed by atoms with Crippen LogP contribution in [0.15, 0.2) is 48.5 Å². The fourth-order valence-corrected chi connectivity index (χ4v) is 4.55. The molecule has 2 aromatic carbocycles. The van der Waals surface area contributed by atoms with Crippen molar-refractivity contribution in [3.8, 4) is 23.0 Å². The van der Waals surface area contributed by atoms with E-state index in [9.17, 15) is 14.4 Å². The molecule has 0 bridgehead atoms. The van der Waals surface area contributed by atoms with E-state index in [0.29, 0.717) is 6.42 Å². The predicted octanol–water partition coefficient (Wildman–Crippen LogP) is 2.91. The van der Waals surface area contributed by atoms with Crippen molar-refractivity contribution in [3.63, 3.8) is 0 Å². The van der Waals surface area contributed by atoms with Crippen molar-refractivity contribution in [3.05, 3.63) is 59.7 Å². The number of aliphatic carboxylic acids is 1. The lowest BCUT2D eigenvalue weighted by atomic mass is 9.98. The van der Waals surface area contributed by atoms with Gasteiger partial charge in [0.1, 0.15) is 12.6 Å². The Labute approximate surface area is 204 Å². The molecular weight excluding hydrogens is 448 g/mol. The van der Waals surface area contributed by atoms with E-state index in [1.165, 1.54) is 0 Å². The zero-order valence-electron chi connectivity index (χ0n) is 19.5. The first-order valence-corrected chi connectivity index (χ1v) is 11.6. The van der Waals surface area contributed by atoms with Gasteiger partial charge in [0.05, 0.1) is 18.6 Å². The molecule has 3 atom stereocenters. The standard InChI is InChI=1S/C27H28N2O6/c1-2-3-12-24(25(30)28-14-18-13-17(15-34-18)26(31)32)29-27(33)35-16-23-21-10-6-4-8-19(21)20-9-5-7-11-22(20)23/h4-11,17-18,23-24H,12-16H2,1H3,(H,28,30)(H,29,33)(H,31,32). The Morgan fingerprint density at radius 3 is 2.37 bits per heavy atom. The van der Waals surface area contributed by atoms with E-state index in [4.69, 9.17) is 14.6 Å². The number of carbonyl (C=O) groups is 3. The van der Waals surface area contributed by atoms with Crippen molar-refractivity contribution in [1.82, 2.24) is 10.6 Å². The van der Waals surface area contributed by atoms with Gasteiger partial charge in [0, 0.05) is 18.9 Å². The zero-order chi connectivity index (χ0) is 24.8. The van der Waals surface area contributed by atoms with Crippen LogP contribution < -0.4 is 10.6 Å². The number of hydrogen-bond acceptors (Lipinski definition) is 5. The number of amides is 2. The predicted molar refractivity (Wildman–Crippen MR) is 129 cm³/mol. The largest absolute Gasteiger partial charge is 0.481 e. The number of carbonyl (C=O) groups excluding carboxylic acids is 2. The van der Waals surface area contributed by atoms with Gasteiger partial charge in [-0.1, -0.05) is 48.5 Å². The van der Waals surface area contributed by atoms with Crippen LogP contribution in [0.4, 0.5) is 4.79 Å². The highest BCUT2D eigenvalue weighted by molar-refractivity contribution is 5.86. The molecule has 0 aromatic heterocycles. The summed E-state index contributed by atoms with van der Waals surface area (Å²) in [6.45, 7) is 2.07. The smallest absolute Gasteiger partial charge is 0.407 e. The van der Waals surface area contributed by atoms with Crippen molar-refractivity contribution >= 4 is 18.0 Å². The van der Waals surface area contributed by atoms with Gasteiger partial charge in [-0.15, -0.1) is 11.8 Å². The summed E-state index contributed by atoms with van der Waals surface area (Å²) in [7, 11) is 0. The van der Waals surface area contributed by atoms with Crippen molar-refractivity contribution in [1.29, 1.82) is 0 Å². The maximum Gasteiger partial charge on any atom is 0.407 e. The van der Waals surface area contributed by atoms with Gasteiger partial charge >= 0.3 is 12.1 Å². The molecule has 8 nitrogen and oxygen atoms in total. The fraction of sp³-hybridized carbons (Fsp3) is 0.370. The van der Waals surface area contributed by atoms with Crippen molar-refractivity contribution < 1.29 is 29.0 Å². The van der Waals surface area contributed by atoms with E-state index in [-0.39, 0.29) is 38.2 Å². The minimum atomic E-state index is -0.910. The summed E-state index contributed by atoms with van der Waals surface area (Å²) in [6.07, 6.45) is -0.634. The number of ether oxygens (including phenoxy) is 2. The molecule has 1 heterocycles. The molecule has 0 spiro atoms. The molecule has 2 aliphatic rings. The second-order valence-corrected chi connectivity index (χ2v) is 8.62. The van der Waals surface area contributed by atoms with E-state index in [1.54, 1.807) is 6.92 Å². The third-order valence-corrected chi connectivity index (χ3v) is 6.37. The molecule has 3 N–H and O–H groups in total. The molecule has 35 heavy (non-hydrogen) atoms. The molecule has 2 aromatic rings. The van der Waals surface area contributed by atoms with Gasteiger partial charge in [-0.05, 0) is 35.6 Å². The number of hydrogen-bond donors (Lipinski definition) is 3. The van der Waals surface area contributed by atoms with Crippen LogP contribution in [0.5, 0.6) is 0 Å². The average Bonchev–Trinajstić information content (AvgIpc) is 3.47. The van der Waals surface area contributed by atoms with Crippen LogP contribution in [0.1, 0.15) is 36.8 Å². The monoisotopic (exact) mass is 476 g/mol. The van der Waals surface area contributed by atoms with Crippen LogP contribution in [0.3, 0.4) is 0 Å². The molecule has 3 unspecified atom stereocenters. The highest BCUT2D eigenvalue weighted by atomic mass is 16.5. The second-order valence-electron chi connectivity index (χ2n) is 8.62. The van der Waals surface area contributed by atoms with E-state index in [0.717, 1.165) is 22.3 Å². The van der Waals surface area contributed by atoms with Gasteiger partial charge in [0.2, 0.25) is 5.91 Å². The summed E-state index contributed by atoms with van der Waals surface area (Å²) in [5, 5.41) is 14.4. The van der Waals surface area contributed by atoms with Crippen LogP contribution >= 0.6 is 0 Å². The molecule has 0 radical (unpaired) electrons. The minimum Gasteiger partial charge on any atom is -0.481 e. The number of carboxylic acids is 1. The Balaban J connectivity index is 1.34. The van der Waals surface area contributed by atoms with E-state index < -0.39 is 29.9 Å². The van der Waals surface area contributed by atoms with Crippen LogP contribution in [0, 0.1) is 17.8 Å². The van der Waals surface area contributed by atoms with E-state index in [1.807, 2.05) is 36.4 Å². The van der Waals surface area contributed by atoms with Gasteiger partial charge in [0.15, 0.2) is 0 Å². The fourth-order valence-electron chi connectivity index (χ4n) is 4.55. The molecule has 2 amide bonds. The highest BCUT2D eigenvalue weighted by Crippen LogP contribution is 2.44. The summed E-state index contributed by atoms with van der Waals surface area (Å²) < 4.78 is 11.0. The Hall–Kier alpha value is -3.83. The molecule has 0 saturated carbocycles. The van der Waals surface area contributed by atoms with Crippen LogP contribution in [0.25, 0.3) is 11.1 Å². The van der Waals surface area contributed by atoms with Crippen LogP contribution in [-0.4, -0.2) is 55.0 Å². The number of nitrogens with one attached hydrogen (secondary N) is 2. The average molecular weight is 477 g/mol. The molecular formula is C27H28N2O6. The van der Waals surface area contributed by atoms with Gasteiger partial charge < -0.3 is 25.2 Å². The number of carboxylic acid groups (broad SMARTS) is 1. The Morgan fingerprint density at radius 1 is 1.11 bits per heavy atom. The normalized spacial score (nSPS) is 19.0. The molecule has 8 heteroatoms. The quantitative estimate of drug-likeness (QED) is 0.505. The summed E-state index contributed by atoms with van der Waals surface area (Å²) >= 11 is 0. The third-order valence-electron chi connectivity index (χ3n) is 6.37. The van der Waals surface area contributed by atoms with Crippen LogP contribution in [-0.2, 0) is 19.1 Å². The number of fused-ring (bicyclic) bond motifs is 3. The van der Waals surface area contributed by atoms with Crippen molar-refractivity contribution in [2.45, 2.75) is 37.8 Å².